The fraction of sp³-hybridized carbons (Fsp3) is 0.667. The van der Waals surface area contributed by atoms with Crippen LogP contribution in [0, 0.1) is 11.8 Å². The van der Waals surface area contributed by atoms with Crippen LogP contribution in [-0.2, 0) is 6.42 Å². The first-order valence-electron chi connectivity index (χ1n) is 8.27. The van der Waals surface area contributed by atoms with Crippen molar-refractivity contribution in [2.75, 3.05) is 19.7 Å². The van der Waals surface area contributed by atoms with Crippen LogP contribution in [0.2, 0.25) is 0 Å². The predicted molar refractivity (Wildman–Crippen MR) is 84.6 cm³/mol. The molecule has 0 saturated carbocycles. The molecule has 0 amide bonds. The molecule has 0 aliphatic carbocycles. The van der Waals surface area contributed by atoms with Crippen LogP contribution in [0.1, 0.15) is 32.3 Å². The summed E-state index contributed by atoms with van der Waals surface area (Å²) in [7, 11) is 0. The summed E-state index contributed by atoms with van der Waals surface area (Å²) in [5.41, 5.74) is 1.29. The van der Waals surface area contributed by atoms with E-state index in [1.807, 2.05) is 0 Å². The number of nitrogens with zero attached hydrogens (tertiary/aromatic N) is 1. The molecule has 3 heteroatoms. The standard InChI is InChI=1S/C18H27NO2/c1-13(2)12-21-16-5-3-14(4-6-16)11-17-18(20)15-7-9-19(17)10-8-15/h3-6,13,15,17-18,20H,7-12H2,1-2H3. The minimum absolute atomic E-state index is 0.149. The van der Waals surface area contributed by atoms with E-state index in [0.717, 1.165) is 31.9 Å². The van der Waals surface area contributed by atoms with Gasteiger partial charge in [0.15, 0.2) is 0 Å². The highest BCUT2D eigenvalue weighted by Gasteiger charge is 2.40. The van der Waals surface area contributed by atoms with E-state index in [-0.39, 0.29) is 6.10 Å². The van der Waals surface area contributed by atoms with E-state index in [1.54, 1.807) is 0 Å². The molecule has 2 bridgehead atoms. The molecule has 0 radical (unpaired) electrons. The van der Waals surface area contributed by atoms with Crippen molar-refractivity contribution in [3.05, 3.63) is 29.8 Å². The number of rotatable bonds is 5. The van der Waals surface area contributed by atoms with Crippen molar-refractivity contribution >= 4 is 0 Å². The fourth-order valence-corrected chi connectivity index (χ4v) is 3.60. The Morgan fingerprint density at radius 3 is 2.43 bits per heavy atom. The molecule has 21 heavy (non-hydrogen) atoms. The SMILES string of the molecule is CC(C)COc1ccc(CC2C(O)C3CCN2CC3)cc1. The summed E-state index contributed by atoms with van der Waals surface area (Å²) in [6.45, 7) is 7.38. The van der Waals surface area contributed by atoms with Crippen molar-refractivity contribution in [1.29, 1.82) is 0 Å². The molecule has 1 aromatic rings. The number of benzene rings is 1. The molecule has 3 nitrogen and oxygen atoms in total. The number of fused-ring (bicyclic) bond motifs is 3. The summed E-state index contributed by atoms with van der Waals surface area (Å²) < 4.78 is 5.72. The fourth-order valence-electron chi connectivity index (χ4n) is 3.60. The Bertz CT molecular complexity index is 447. The van der Waals surface area contributed by atoms with Crippen LogP contribution in [0.5, 0.6) is 5.75 Å². The van der Waals surface area contributed by atoms with E-state index < -0.39 is 0 Å². The summed E-state index contributed by atoms with van der Waals surface area (Å²) in [6.07, 6.45) is 3.13. The van der Waals surface area contributed by atoms with Gasteiger partial charge in [-0.15, -0.1) is 0 Å². The zero-order valence-electron chi connectivity index (χ0n) is 13.2. The van der Waals surface area contributed by atoms with Gasteiger partial charge in [0.25, 0.3) is 0 Å². The summed E-state index contributed by atoms with van der Waals surface area (Å²) in [6, 6.07) is 8.71. The largest absolute Gasteiger partial charge is 0.493 e. The van der Waals surface area contributed by atoms with Crippen LogP contribution in [0.3, 0.4) is 0 Å². The van der Waals surface area contributed by atoms with Gasteiger partial charge in [-0.2, -0.15) is 0 Å². The highest BCUT2D eigenvalue weighted by Crippen LogP contribution is 2.33. The van der Waals surface area contributed by atoms with Gasteiger partial charge in [0.1, 0.15) is 5.75 Å². The summed E-state index contributed by atoms with van der Waals surface area (Å²) in [5, 5.41) is 10.5. The smallest absolute Gasteiger partial charge is 0.119 e. The molecule has 1 aromatic carbocycles. The van der Waals surface area contributed by atoms with Gasteiger partial charge in [-0.3, -0.25) is 4.90 Å². The van der Waals surface area contributed by atoms with Crippen molar-refractivity contribution in [2.45, 2.75) is 45.3 Å². The first-order chi connectivity index (χ1) is 10.1. The minimum atomic E-state index is -0.149. The third-order valence-corrected chi connectivity index (χ3v) is 4.87. The molecule has 3 heterocycles. The maximum atomic E-state index is 10.5. The summed E-state index contributed by atoms with van der Waals surface area (Å²) in [5.74, 6) is 2.01. The van der Waals surface area contributed by atoms with E-state index in [2.05, 4.69) is 43.0 Å². The second-order valence-electron chi connectivity index (χ2n) is 6.98. The van der Waals surface area contributed by atoms with Gasteiger partial charge in [-0.05, 0) is 61.9 Å². The third-order valence-electron chi connectivity index (χ3n) is 4.87. The quantitative estimate of drug-likeness (QED) is 0.904. The monoisotopic (exact) mass is 289 g/mol. The van der Waals surface area contributed by atoms with Crippen molar-refractivity contribution < 1.29 is 9.84 Å². The molecule has 116 valence electrons. The lowest BCUT2D eigenvalue weighted by Crippen LogP contribution is -2.58. The number of aliphatic hydroxyl groups excluding tert-OH is 1. The normalized spacial score (nSPS) is 31.6. The average Bonchev–Trinajstić information content (AvgIpc) is 2.50. The van der Waals surface area contributed by atoms with Crippen LogP contribution in [-0.4, -0.2) is 41.8 Å². The van der Waals surface area contributed by atoms with Crippen LogP contribution in [0.4, 0.5) is 0 Å². The zero-order chi connectivity index (χ0) is 14.8. The average molecular weight is 289 g/mol. The second kappa shape index (κ2) is 6.37. The van der Waals surface area contributed by atoms with Crippen LogP contribution >= 0.6 is 0 Å². The molecule has 2 atom stereocenters. The molecule has 0 spiro atoms. The lowest BCUT2D eigenvalue weighted by atomic mass is 9.78. The maximum absolute atomic E-state index is 10.5. The Labute approximate surface area is 127 Å². The Morgan fingerprint density at radius 2 is 1.86 bits per heavy atom. The van der Waals surface area contributed by atoms with Crippen LogP contribution in [0.15, 0.2) is 24.3 Å². The van der Waals surface area contributed by atoms with E-state index in [0.29, 0.717) is 17.9 Å². The van der Waals surface area contributed by atoms with E-state index >= 15 is 0 Å². The van der Waals surface area contributed by atoms with Gasteiger partial charge in [0.2, 0.25) is 0 Å². The van der Waals surface area contributed by atoms with Crippen LogP contribution < -0.4 is 4.74 Å². The van der Waals surface area contributed by atoms with E-state index in [9.17, 15) is 5.11 Å². The highest BCUT2D eigenvalue weighted by atomic mass is 16.5. The first-order valence-corrected chi connectivity index (χ1v) is 8.27. The predicted octanol–water partition coefficient (Wildman–Crippen LogP) is 2.72. The Morgan fingerprint density at radius 1 is 1.19 bits per heavy atom. The second-order valence-corrected chi connectivity index (χ2v) is 6.98. The molecule has 3 aliphatic rings. The topological polar surface area (TPSA) is 32.7 Å². The molecule has 4 rings (SSSR count). The highest BCUT2D eigenvalue weighted by molar-refractivity contribution is 5.28. The van der Waals surface area contributed by atoms with Gasteiger partial charge < -0.3 is 9.84 Å². The number of ether oxygens (including phenoxy) is 1. The molecular formula is C18H27NO2. The number of piperidine rings is 3. The number of hydrogen-bond acceptors (Lipinski definition) is 3. The summed E-state index contributed by atoms with van der Waals surface area (Å²) >= 11 is 0. The van der Waals surface area contributed by atoms with Gasteiger partial charge in [0, 0.05) is 6.04 Å². The first kappa shape index (κ1) is 14.9. The zero-order valence-corrected chi connectivity index (χ0v) is 13.2. The molecule has 3 fully saturated rings. The molecule has 2 unspecified atom stereocenters. The Kier molecular flexibility index (Phi) is 4.51. The Balaban J connectivity index is 1.60. The molecule has 1 N–H and O–H groups in total. The van der Waals surface area contributed by atoms with Gasteiger partial charge in [-0.25, -0.2) is 0 Å². The molecule has 3 saturated heterocycles. The minimum Gasteiger partial charge on any atom is -0.493 e. The van der Waals surface area contributed by atoms with E-state index in [4.69, 9.17) is 4.74 Å². The molecule has 0 aromatic heterocycles. The molecule has 3 aliphatic heterocycles. The van der Waals surface area contributed by atoms with Gasteiger partial charge in [-0.1, -0.05) is 26.0 Å². The summed E-state index contributed by atoms with van der Waals surface area (Å²) in [4.78, 5) is 2.47. The maximum Gasteiger partial charge on any atom is 0.119 e. The lowest BCUT2D eigenvalue weighted by Gasteiger charge is -2.49. The Hall–Kier alpha value is -1.06. The van der Waals surface area contributed by atoms with Crippen molar-refractivity contribution in [2.24, 2.45) is 11.8 Å². The number of aliphatic hydroxyl groups is 1. The number of hydrogen-bond donors (Lipinski definition) is 1. The molecular weight excluding hydrogens is 262 g/mol. The van der Waals surface area contributed by atoms with Gasteiger partial charge >= 0.3 is 0 Å². The van der Waals surface area contributed by atoms with Crippen molar-refractivity contribution in [3.63, 3.8) is 0 Å². The van der Waals surface area contributed by atoms with E-state index in [1.165, 1.54) is 18.4 Å². The lowest BCUT2D eigenvalue weighted by molar-refractivity contribution is -0.0715. The van der Waals surface area contributed by atoms with Crippen molar-refractivity contribution in [1.82, 2.24) is 4.90 Å². The van der Waals surface area contributed by atoms with Crippen molar-refractivity contribution in [3.8, 4) is 5.75 Å². The van der Waals surface area contributed by atoms with Gasteiger partial charge in [0.05, 0.1) is 12.7 Å². The third kappa shape index (κ3) is 3.41. The van der Waals surface area contributed by atoms with Crippen LogP contribution in [0.25, 0.3) is 0 Å².